The minimum Gasteiger partial charge on any atom is -0.497 e. The molecule has 0 saturated heterocycles. The molecule has 0 saturated carbocycles. The summed E-state index contributed by atoms with van der Waals surface area (Å²) in [4.78, 5) is 0. The van der Waals surface area contributed by atoms with Crippen molar-refractivity contribution in [3.63, 3.8) is 0 Å². The summed E-state index contributed by atoms with van der Waals surface area (Å²) in [5.74, 6) is 1.13. The summed E-state index contributed by atoms with van der Waals surface area (Å²) in [6.45, 7) is 5.35. The lowest BCUT2D eigenvalue weighted by molar-refractivity contribution is 0.322. The lowest BCUT2D eigenvalue weighted by atomic mass is 9.73. The SMILES string of the molecule is COc1cccc(C2c3cc(Cl)ccc3CNC2(C)C)c1. The van der Waals surface area contributed by atoms with E-state index in [-0.39, 0.29) is 11.5 Å². The van der Waals surface area contributed by atoms with Crippen LogP contribution in [0.5, 0.6) is 5.75 Å². The molecule has 0 aromatic heterocycles. The van der Waals surface area contributed by atoms with Crippen molar-refractivity contribution in [2.24, 2.45) is 0 Å². The fourth-order valence-electron chi connectivity index (χ4n) is 3.23. The molecule has 1 aliphatic rings. The number of benzene rings is 2. The zero-order valence-electron chi connectivity index (χ0n) is 12.6. The van der Waals surface area contributed by atoms with Gasteiger partial charge in [-0.05, 0) is 54.8 Å². The second-order valence-corrected chi connectivity index (χ2v) is 6.56. The third-order valence-electron chi connectivity index (χ3n) is 4.30. The van der Waals surface area contributed by atoms with E-state index in [1.165, 1.54) is 16.7 Å². The van der Waals surface area contributed by atoms with E-state index in [0.717, 1.165) is 17.3 Å². The van der Waals surface area contributed by atoms with E-state index >= 15 is 0 Å². The minimum atomic E-state index is -0.0377. The van der Waals surface area contributed by atoms with Gasteiger partial charge in [0.25, 0.3) is 0 Å². The van der Waals surface area contributed by atoms with Gasteiger partial charge in [-0.2, -0.15) is 0 Å². The molecule has 0 fully saturated rings. The van der Waals surface area contributed by atoms with Crippen LogP contribution in [-0.4, -0.2) is 12.6 Å². The van der Waals surface area contributed by atoms with Crippen LogP contribution >= 0.6 is 11.6 Å². The van der Waals surface area contributed by atoms with Crippen LogP contribution in [0.4, 0.5) is 0 Å². The van der Waals surface area contributed by atoms with E-state index in [1.54, 1.807) is 7.11 Å². The molecule has 0 radical (unpaired) electrons. The van der Waals surface area contributed by atoms with Gasteiger partial charge in [0.15, 0.2) is 0 Å². The molecule has 0 amide bonds. The van der Waals surface area contributed by atoms with Crippen molar-refractivity contribution in [2.45, 2.75) is 31.8 Å². The van der Waals surface area contributed by atoms with E-state index in [0.29, 0.717) is 0 Å². The summed E-state index contributed by atoms with van der Waals surface area (Å²) in [6, 6.07) is 14.5. The van der Waals surface area contributed by atoms with Gasteiger partial charge in [-0.1, -0.05) is 29.8 Å². The van der Waals surface area contributed by atoms with Crippen molar-refractivity contribution in [3.05, 3.63) is 64.2 Å². The van der Waals surface area contributed by atoms with Crippen LogP contribution in [0.3, 0.4) is 0 Å². The van der Waals surface area contributed by atoms with E-state index < -0.39 is 0 Å². The molecule has 0 spiro atoms. The monoisotopic (exact) mass is 301 g/mol. The van der Waals surface area contributed by atoms with Crippen LogP contribution < -0.4 is 10.1 Å². The van der Waals surface area contributed by atoms with Crippen molar-refractivity contribution >= 4 is 11.6 Å². The molecule has 21 heavy (non-hydrogen) atoms. The molecule has 110 valence electrons. The normalized spacial score (nSPS) is 19.9. The first-order valence-corrected chi connectivity index (χ1v) is 7.56. The topological polar surface area (TPSA) is 21.3 Å². The average Bonchev–Trinajstić information content (AvgIpc) is 2.46. The molecule has 2 aromatic carbocycles. The molecule has 0 bridgehead atoms. The van der Waals surface area contributed by atoms with Gasteiger partial charge in [0.1, 0.15) is 5.75 Å². The van der Waals surface area contributed by atoms with E-state index in [9.17, 15) is 0 Å². The highest BCUT2D eigenvalue weighted by molar-refractivity contribution is 6.30. The number of fused-ring (bicyclic) bond motifs is 1. The molecular weight excluding hydrogens is 282 g/mol. The molecule has 3 rings (SSSR count). The van der Waals surface area contributed by atoms with E-state index in [2.05, 4.69) is 43.4 Å². The number of hydrogen-bond acceptors (Lipinski definition) is 2. The standard InChI is InChI=1S/C18H20ClNO/c1-18(2)17(12-5-4-6-15(9-12)21-3)16-10-14(19)8-7-13(16)11-20-18/h4-10,17,20H,11H2,1-3H3. The summed E-state index contributed by atoms with van der Waals surface area (Å²) >= 11 is 6.24. The van der Waals surface area contributed by atoms with Crippen molar-refractivity contribution < 1.29 is 4.74 Å². The second kappa shape index (κ2) is 5.36. The summed E-state index contributed by atoms with van der Waals surface area (Å²) in [6.07, 6.45) is 0. The summed E-state index contributed by atoms with van der Waals surface area (Å²) in [7, 11) is 1.70. The lowest BCUT2D eigenvalue weighted by Gasteiger charge is -2.41. The van der Waals surface area contributed by atoms with Crippen molar-refractivity contribution in [2.75, 3.05) is 7.11 Å². The van der Waals surface area contributed by atoms with Crippen molar-refractivity contribution in [3.8, 4) is 5.75 Å². The Balaban J connectivity index is 2.16. The maximum absolute atomic E-state index is 6.24. The van der Waals surface area contributed by atoms with Gasteiger partial charge in [0.2, 0.25) is 0 Å². The molecule has 1 aliphatic heterocycles. The summed E-state index contributed by atoms with van der Waals surface area (Å²) in [5.41, 5.74) is 3.82. The number of ether oxygens (including phenoxy) is 1. The van der Waals surface area contributed by atoms with Gasteiger partial charge in [0, 0.05) is 23.0 Å². The molecule has 1 unspecified atom stereocenters. The lowest BCUT2D eigenvalue weighted by Crippen LogP contribution is -2.48. The van der Waals surface area contributed by atoms with E-state index in [4.69, 9.17) is 16.3 Å². The maximum atomic E-state index is 6.24. The van der Waals surface area contributed by atoms with Crippen LogP contribution in [0.15, 0.2) is 42.5 Å². The Hall–Kier alpha value is -1.51. The Labute approximate surface area is 131 Å². The average molecular weight is 302 g/mol. The Morgan fingerprint density at radius 2 is 2.00 bits per heavy atom. The summed E-state index contributed by atoms with van der Waals surface area (Å²) < 4.78 is 5.38. The highest BCUT2D eigenvalue weighted by atomic mass is 35.5. The maximum Gasteiger partial charge on any atom is 0.119 e. The highest BCUT2D eigenvalue weighted by Gasteiger charge is 2.36. The third-order valence-corrected chi connectivity index (χ3v) is 4.54. The number of halogens is 1. The Morgan fingerprint density at radius 1 is 1.19 bits per heavy atom. The number of hydrogen-bond donors (Lipinski definition) is 1. The van der Waals surface area contributed by atoms with Gasteiger partial charge in [-0.3, -0.25) is 0 Å². The molecule has 1 atom stereocenters. The fraction of sp³-hybridized carbons (Fsp3) is 0.333. The van der Waals surface area contributed by atoms with E-state index in [1.807, 2.05) is 18.2 Å². The molecule has 1 heterocycles. The second-order valence-electron chi connectivity index (χ2n) is 6.13. The molecule has 1 N–H and O–H groups in total. The molecule has 3 heteroatoms. The summed E-state index contributed by atoms with van der Waals surface area (Å²) in [5, 5.41) is 4.43. The van der Waals surface area contributed by atoms with Crippen molar-refractivity contribution in [1.29, 1.82) is 0 Å². The number of nitrogens with one attached hydrogen (secondary N) is 1. The molecular formula is C18H20ClNO. The van der Waals surface area contributed by atoms with Gasteiger partial charge in [-0.15, -0.1) is 0 Å². The fourth-order valence-corrected chi connectivity index (χ4v) is 3.41. The van der Waals surface area contributed by atoms with Gasteiger partial charge in [-0.25, -0.2) is 0 Å². The number of methoxy groups -OCH3 is 1. The predicted octanol–water partition coefficient (Wildman–Crippen LogP) is 4.36. The zero-order valence-corrected chi connectivity index (χ0v) is 13.4. The quantitative estimate of drug-likeness (QED) is 0.890. The molecule has 0 aliphatic carbocycles. The molecule has 2 nitrogen and oxygen atoms in total. The minimum absolute atomic E-state index is 0.0377. The Bertz CT molecular complexity index is 666. The van der Waals surface area contributed by atoms with Crippen LogP contribution in [0.1, 0.15) is 36.5 Å². The van der Waals surface area contributed by atoms with Gasteiger partial charge in [0.05, 0.1) is 7.11 Å². The highest BCUT2D eigenvalue weighted by Crippen LogP contribution is 2.41. The third kappa shape index (κ3) is 2.66. The first-order valence-electron chi connectivity index (χ1n) is 7.18. The van der Waals surface area contributed by atoms with Crippen LogP contribution in [0, 0.1) is 0 Å². The first kappa shape index (κ1) is 14.4. The number of rotatable bonds is 2. The zero-order chi connectivity index (χ0) is 15.0. The van der Waals surface area contributed by atoms with Gasteiger partial charge < -0.3 is 10.1 Å². The first-order chi connectivity index (χ1) is 10.0. The van der Waals surface area contributed by atoms with Crippen LogP contribution in [0.2, 0.25) is 5.02 Å². The largest absolute Gasteiger partial charge is 0.497 e. The van der Waals surface area contributed by atoms with Gasteiger partial charge >= 0.3 is 0 Å². The Kier molecular flexibility index (Phi) is 3.68. The Morgan fingerprint density at radius 3 is 2.76 bits per heavy atom. The molecule has 2 aromatic rings. The van der Waals surface area contributed by atoms with Crippen LogP contribution in [0.25, 0.3) is 0 Å². The van der Waals surface area contributed by atoms with Crippen LogP contribution in [-0.2, 0) is 6.54 Å². The predicted molar refractivity (Wildman–Crippen MR) is 87.2 cm³/mol. The van der Waals surface area contributed by atoms with Crippen molar-refractivity contribution in [1.82, 2.24) is 5.32 Å². The smallest absolute Gasteiger partial charge is 0.119 e.